The van der Waals surface area contributed by atoms with Crippen LogP contribution in [-0.2, 0) is 9.59 Å². The van der Waals surface area contributed by atoms with Crippen molar-refractivity contribution in [1.29, 1.82) is 0 Å². The molecule has 0 spiro atoms. The van der Waals surface area contributed by atoms with Gasteiger partial charge in [-0.3, -0.25) is 20.2 Å². The van der Waals surface area contributed by atoms with Crippen LogP contribution in [0.15, 0.2) is 4.99 Å². The average molecular weight is 209 g/mol. The highest BCUT2D eigenvalue weighted by atomic mass is 16.2. The van der Waals surface area contributed by atoms with E-state index in [9.17, 15) is 9.59 Å². The molecule has 0 bridgehead atoms. The lowest BCUT2D eigenvalue weighted by Crippen LogP contribution is -2.56. The van der Waals surface area contributed by atoms with Crippen LogP contribution < -0.4 is 10.6 Å². The second-order valence-electron chi connectivity index (χ2n) is 4.03. The summed E-state index contributed by atoms with van der Waals surface area (Å²) in [7, 11) is 0. The zero-order valence-electron chi connectivity index (χ0n) is 8.75. The molecular weight excluding hydrogens is 194 g/mol. The molecule has 2 amide bonds. The molecule has 2 fully saturated rings. The van der Waals surface area contributed by atoms with Crippen LogP contribution in [0.1, 0.15) is 32.6 Å². The van der Waals surface area contributed by atoms with Gasteiger partial charge in [0, 0.05) is 0 Å². The molecule has 1 heterocycles. The second-order valence-corrected chi connectivity index (χ2v) is 4.03. The minimum Gasteiger partial charge on any atom is -0.296 e. The lowest BCUT2D eigenvalue weighted by atomic mass is 10.0. The molecule has 2 N–H and O–H groups in total. The number of hydrogen-bond donors (Lipinski definition) is 2. The zero-order chi connectivity index (χ0) is 10.8. The summed E-state index contributed by atoms with van der Waals surface area (Å²) in [4.78, 5) is 27.3. The van der Waals surface area contributed by atoms with Crippen LogP contribution in [0, 0.1) is 5.92 Å². The van der Waals surface area contributed by atoms with Crippen molar-refractivity contribution in [3.05, 3.63) is 0 Å². The van der Waals surface area contributed by atoms with Crippen LogP contribution in [0.25, 0.3) is 0 Å². The minimum absolute atomic E-state index is 0.222. The maximum Gasteiger partial charge on any atom is 0.239 e. The van der Waals surface area contributed by atoms with E-state index in [2.05, 4.69) is 15.6 Å². The van der Waals surface area contributed by atoms with Crippen molar-refractivity contribution in [2.75, 3.05) is 0 Å². The Balaban J connectivity index is 2.02. The Labute approximate surface area is 88.3 Å². The number of nitrogens with zero attached hydrogens (tertiary/aromatic N) is 1. The summed E-state index contributed by atoms with van der Waals surface area (Å²) in [6.45, 7) is 1.95. The number of carbonyl (C=O) groups is 2. The van der Waals surface area contributed by atoms with Crippen LogP contribution in [0.5, 0.6) is 0 Å². The number of guanidine groups is 1. The summed E-state index contributed by atoms with van der Waals surface area (Å²) in [6, 6.07) is 0.295. The molecule has 5 heteroatoms. The second kappa shape index (κ2) is 4.00. The van der Waals surface area contributed by atoms with Gasteiger partial charge in [-0.2, -0.15) is 0 Å². The number of carbonyl (C=O) groups excluding carboxylic acids is 2. The number of nitrogens with one attached hydrogen (secondary N) is 2. The first-order chi connectivity index (χ1) is 7.20. The first-order valence-corrected chi connectivity index (χ1v) is 5.40. The van der Waals surface area contributed by atoms with Gasteiger partial charge in [-0.1, -0.05) is 13.3 Å². The van der Waals surface area contributed by atoms with Crippen molar-refractivity contribution in [1.82, 2.24) is 10.6 Å². The Morgan fingerprint density at radius 2 is 1.87 bits per heavy atom. The molecule has 15 heavy (non-hydrogen) atoms. The smallest absolute Gasteiger partial charge is 0.239 e. The van der Waals surface area contributed by atoms with Crippen LogP contribution in [0.2, 0.25) is 0 Å². The Bertz CT molecular complexity index is 301. The highest BCUT2D eigenvalue weighted by Crippen LogP contribution is 2.23. The van der Waals surface area contributed by atoms with Gasteiger partial charge in [-0.05, 0) is 19.3 Å². The molecule has 0 aromatic carbocycles. The Hall–Kier alpha value is -1.39. The van der Waals surface area contributed by atoms with Crippen molar-refractivity contribution >= 4 is 17.8 Å². The molecule has 1 saturated heterocycles. The lowest BCUT2D eigenvalue weighted by Gasteiger charge is -2.22. The van der Waals surface area contributed by atoms with E-state index in [1.54, 1.807) is 0 Å². The lowest BCUT2D eigenvalue weighted by molar-refractivity contribution is -0.135. The molecule has 0 atom stereocenters. The Morgan fingerprint density at radius 3 is 2.33 bits per heavy atom. The first kappa shape index (κ1) is 10.1. The first-order valence-electron chi connectivity index (χ1n) is 5.40. The van der Waals surface area contributed by atoms with Crippen molar-refractivity contribution in [3.63, 3.8) is 0 Å². The fourth-order valence-electron chi connectivity index (χ4n) is 1.56. The third kappa shape index (κ3) is 2.34. The van der Waals surface area contributed by atoms with Gasteiger partial charge in [-0.25, -0.2) is 4.99 Å². The standard InChI is InChI=1S/C10H15N3O2/c1-2-3-7-8(14)12-10(13-9(7)15)11-6-4-5-6/h6-7H,2-5H2,1H3,(H2,11,12,13,14,15). The molecule has 1 aliphatic heterocycles. The zero-order valence-corrected chi connectivity index (χ0v) is 8.75. The van der Waals surface area contributed by atoms with E-state index >= 15 is 0 Å². The van der Waals surface area contributed by atoms with Crippen LogP contribution >= 0.6 is 0 Å². The van der Waals surface area contributed by atoms with Gasteiger partial charge < -0.3 is 0 Å². The number of amides is 2. The topological polar surface area (TPSA) is 70.6 Å². The summed E-state index contributed by atoms with van der Waals surface area (Å²) in [5.74, 6) is -0.659. The van der Waals surface area contributed by atoms with Crippen LogP contribution in [0.3, 0.4) is 0 Å². The molecule has 0 radical (unpaired) electrons. The molecule has 0 aromatic heterocycles. The molecule has 82 valence electrons. The predicted molar refractivity (Wildman–Crippen MR) is 55.1 cm³/mol. The van der Waals surface area contributed by atoms with E-state index in [0.717, 1.165) is 19.3 Å². The number of hydrogen-bond acceptors (Lipinski definition) is 3. The van der Waals surface area contributed by atoms with Crippen molar-refractivity contribution in [2.24, 2.45) is 10.9 Å². The number of rotatable bonds is 3. The fourth-order valence-corrected chi connectivity index (χ4v) is 1.56. The van der Waals surface area contributed by atoms with Gasteiger partial charge in [0.15, 0.2) is 0 Å². The van der Waals surface area contributed by atoms with E-state index in [1.807, 2.05) is 6.92 Å². The third-order valence-corrected chi connectivity index (χ3v) is 2.55. The fraction of sp³-hybridized carbons (Fsp3) is 0.700. The largest absolute Gasteiger partial charge is 0.296 e. The van der Waals surface area contributed by atoms with E-state index in [1.165, 1.54) is 0 Å². The van der Waals surface area contributed by atoms with Gasteiger partial charge in [0.1, 0.15) is 5.92 Å². The maximum absolute atomic E-state index is 11.6. The number of aliphatic imine (C=N–C) groups is 1. The predicted octanol–water partition coefficient (Wildman–Crippen LogP) is 0.167. The summed E-state index contributed by atoms with van der Waals surface area (Å²) in [5, 5.41) is 5.26. The van der Waals surface area contributed by atoms with E-state index in [4.69, 9.17) is 0 Å². The normalized spacial score (nSPS) is 25.9. The maximum atomic E-state index is 11.6. The van der Waals surface area contributed by atoms with E-state index in [0.29, 0.717) is 18.4 Å². The summed E-state index contributed by atoms with van der Waals surface area (Å²) in [6.07, 6.45) is 3.51. The van der Waals surface area contributed by atoms with Gasteiger partial charge in [0.2, 0.25) is 17.8 Å². The molecule has 1 aliphatic carbocycles. The quantitative estimate of drug-likeness (QED) is 0.650. The molecule has 2 aliphatic rings. The van der Waals surface area contributed by atoms with Crippen molar-refractivity contribution in [2.45, 2.75) is 38.6 Å². The van der Waals surface area contributed by atoms with Crippen molar-refractivity contribution < 1.29 is 9.59 Å². The molecule has 1 saturated carbocycles. The molecule has 0 unspecified atom stereocenters. The molecule has 5 nitrogen and oxygen atoms in total. The average Bonchev–Trinajstić information content (AvgIpc) is 2.95. The van der Waals surface area contributed by atoms with E-state index < -0.39 is 5.92 Å². The summed E-state index contributed by atoms with van der Waals surface area (Å²) >= 11 is 0. The van der Waals surface area contributed by atoms with Crippen LogP contribution in [0.4, 0.5) is 0 Å². The van der Waals surface area contributed by atoms with Gasteiger partial charge in [0.25, 0.3) is 0 Å². The van der Waals surface area contributed by atoms with E-state index in [-0.39, 0.29) is 11.8 Å². The monoisotopic (exact) mass is 209 g/mol. The van der Waals surface area contributed by atoms with Gasteiger partial charge in [0.05, 0.1) is 6.04 Å². The van der Waals surface area contributed by atoms with Gasteiger partial charge >= 0.3 is 0 Å². The van der Waals surface area contributed by atoms with Crippen molar-refractivity contribution in [3.8, 4) is 0 Å². The third-order valence-electron chi connectivity index (χ3n) is 2.55. The van der Waals surface area contributed by atoms with Gasteiger partial charge in [-0.15, -0.1) is 0 Å². The highest BCUT2D eigenvalue weighted by Gasteiger charge is 2.33. The SMILES string of the molecule is CCCC1C(=O)NC(=NC2CC2)NC1=O. The van der Waals surface area contributed by atoms with Crippen LogP contribution in [-0.4, -0.2) is 23.8 Å². The Morgan fingerprint density at radius 1 is 1.27 bits per heavy atom. The Kier molecular flexibility index (Phi) is 2.70. The summed E-state index contributed by atoms with van der Waals surface area (Å²) < 4.78 is 0. The molecule has 2 rings (SSSR count). The molecule has 0 aromatic rings. The summed E-state index contributed by atoms with van der Waals surface area (Å²) in [5.41, 5.74) is 0. The molecular formula is C10H15N3O2. The highest BCUT2D eigenvalue weighted by molar-refractivity contribution is 6.17. The minimum atomic E-state index is -0.548.